The predicted octanol–water partition coefficient (Wildman–Crippen LogP) is 2.14. The summed E-state index contributed by atoms with van der Waals surface area (Å²) in [5, 5.41) is 16.6. The van der Waals surface area contributed by atoms with E-state index in [0.29, 0.717) is 18.7 Å². The summed E-state index contributed by atoms with van der Waals surface area (Å²) in [5.74, 6) is -0.894. The van der Waals surface area contributed by atoms with E-state index < -0.39 is 5.97 Å². The van der Waals surface area contributed by atoms with Crippen LogP contribution in [0.15, 0.2) is 30.5 Å². The molecule has 1 aromatic heterocycles. The molecule has 1 aromatic carbocycles. The first-order valence-corrected chi connectivity index (χ1v) is 6.09. The van der Waals surface area contributed by atoms with Gasteiger partial charge in [0.25, 0.3) is 0 Å². The standard InChI is InChI=1S/C14H17N3O2.ClH/c1-10-12(9-17(2)16-10)8-15-7-11-5-3-4-6-13(11)14(18)19;/h3-6,9,15H,7-8H2,1-2H3,(H,18,19);1H. The van der Waals surface area contributed by atoms with E-state index in [4.69, 9.17) is 5.11 Å². The van der Waals surface area contributed by atoms with Gasteiger partial charge in [-0.25, -0.2) is 4.79 Å². The summed E-state index contributed by atoms with van der Waals surface area (Å²) < 4.78 is 1.78. The van der Waals surface area contributed by atoms with Gasteiger partial charge >= 0.3 is 5.97 Å². The minimum absolute atomic E-state index is 0. The van der Waals surface area contributed by atoms with Crippen molar-refractivity contribution in [3.8, 4) is 0 Å². The van der Waals surface area contributed by atoms with Crippen molar-refractivity contribution in [2.45, 2.75) is 20.0 Å². The topological polar surface area (TPSA) is 67.2 Å². The second-order valence-corrected chi connectivity index (χ2v) is 4.48. The molecule has 2 aromatic rings. The van der Waals surface area contributed by atoms with Crippen LogP contribution in [-0.2, 0) is 20.1 Å². The summed E-state index contributed by atoms with van der Waals surface area (Å²) in [7, 11) is 1.89. The lowest BCUT2D eigenvalue weighted by atomic mass is 10.1. The quantitative estimate of drug-likeness (QED) is 0.887. The molecule has 0 fully saturated rings. The van der Waals surface area contributed by atoms with Crippen molar-refractivity contribution in [1.82, 2.24) is 15.1 Å². The van der Waals surface area contributed by atoms with Gasteiger partial charge in [0.05, 0.1) is 11.3 Å². The van der Waals surface area contributed by atoms with E-state index in [-0.39, 0.29) is 12.4 Å². The van der Waals surface area contributed by atoms with Gasteiger partial charge in [-0.3, -0.25) is 4.68 Å². The van der Waals surface area contributed by atoms with Crippen LogP contribution >= 0.6 is 12.4 Å². The zero-order valence-corrected chi connectivity index (χ0v) is 12.3. The first-order chi connectivity index (χ1) is 9.08. The van der Waals surface area contributed by atoms with Crippen LogP contribution in [0.1, 0.15) is 27.2 Å². The zero-order chi connectivity index (χ0) is 13.8. The van der Waals surface area contributed by atoms with Crippen LogP contribution in [0.3, 0.4) is 0 Å². The molecule has 6 heteroatoms. The van der Waals surface area contributed by atoms with Crippen LogP contribution in [-0.4, -0.2) is 20.9 Å². The number of aromatic nitrogens is 2. The SMILES string of the molecule is Cc1nn(C)cc1CNCc1ccccc1C(=O)O.Cl. The summed E-state index contributed by atoms with van der Waals surface area (Å²) in [6.07, 6.45) is 1.96. The lowest BCUT2D eigenvalue weighted by Gasteiger charge is -2.07. The van der Waals surface area contributed by atoms with Crippen LogP contribution in [0.2, 0.25) is 0 Å². The number of aryl methyl sites for hydroxylation is 2. The predicted molar refractivity (Wildman–Crippen MR) is 79.1 cm³/mol. The Morgan fingerprint density at radius 2 is 1.95 bits per heavy atom. The highest BCUT2D eigenvalue weighted by atomic mass is 35.5. The Morgan fingerprint density at radius 1 is 1.30 bits per heavy atom. The van der Waals surface area contributed by atoms with Crippen LogP contribution in [0, 0.1) is 6.92 Å². The van der Waals surface area contributed by atoms with E-state index in [2.05, 4.69) is 10.4 Å². The van der Waals surface area contributed by atoms with E-state index in [1.807, 2.05) is 32.3 Å². The molecule has 2 rings (SSSR count). The molecule has 1 heterocycles. The molecule has 108 valence electrons. The lowest BCUT2D eigenvalue weighted by molar-refractivity contribution is 0.0695. The summed E-state index contributed by atoms with van der Waals surface area (Å²) in [6.45, 7) is 3.16. The molecule has 0 amide bonds. The van der Waals surface area contributed by atoms with Crippen LogP contribution in [0.25, 0.3) is 0 Å². The molecule has 0 aliphatic heterocycles. The third-order valence-corrected chi connectivity index (χ3v) is 2.99. The molecule has 0 spiro atoms. The van der Waals surface area contributed by atoms with Crippen molar-refractivity contribution in [2.75, 3.05) is 0 Å². The van der Waals surface area contributed by atoms with Crippen molar-refractivity contribution >= 4 is 18.4 Å². The number of carboxylic acid groups (broad SMARTS) is 1. The van der Waals surface area contributed by atoms with E-state index in [1.165, 1.54) is 0 Å². The van der Waals surface area contributed by atoms with Crippen LogP contribution in [0.5, 0.6) is 0 Å². The van der Waals surface area contributed by atoms with Gasteiger partial charge in [0.1, 0.15) is 0 Å². The van der Waals surface area contributed by atoms with Crippen LogP contribution < -0.4 is 5.32 Å². The fourth-order valence-corrected chi connectivity index (χ4v) is 2.04. The number of hydrogen-bond acceptors (Lipinski definition) is 3. The maximum atomic E-state index is 11.1. The molecule has 0 unspecified atom stereocenters. The summed E-state index contributed by atoms with van der Waals surface area (Å²) >= 11 is 0. The number of aromatic carboxylic acids is 1. The molecule has 2 N–H and O–H groups in total. The monoisotopic (exact) mass is 295 g/mol. The number of nitrogens with one attached hydrogen (secondary N) is 1. The van der Waals surface area contributed by atoms with Crippen molar-refractivity contribution in [2.24, 2.45) is 7.05 Å². The molecule has 20 heavy (non-hydrogen) atoms. The summed E-state index contributed by atoms with van der Waals surface area (Å²) in [4.78, 5) is 11.1. The highest BCUT2D eigenvalue weighted by Crippen LogP contribution is 2.09. The average molecular weight is 296 g/mol. The van der Waals surface area contributed by atoms with E-state index in [0.717, 1.165) is 16.8 Å². The van der Waals surface area contributed by atoms with Gasteiger partial charge in [0, 0.05) is 31.9 Å². The molecule has 0 bridgehead atoms. The lowest BCUT2D eigenvalue weighted by Crippen LogP contribution is -2.15. The van der Waals surface area contributed by atoms with E-state index >= 15 is 0 Å². The maximum absolute atomic E-state index is 11.1. The second kappa shape index (κ2) is 7.07. The summed E-state index contributed by atoms with van der Waals surface area (Å²) in [6, 6.07) is 7.03. The highest BCUT2D eigenvalue weighted by molar-refractivity contribution is 5.89. The Balaban J connectivity index is 0.00000200. The molecule has 0 aliphatic rings. The fourth-order valence-electron chi connectivity index (χ4n) is 2.04. The highest BCUT2D eigenvalue weighted by Gasteiger charge is 2.08. The molecule has 0 aliphatic carbocycles. The molecule has 5 nitrogen and oxygen atoms in total. The molecular formula is C14H18ClN3O2. The van der Waals surface area contributed by atoms with Gasteiger partial charge in [-0.05, 0) is 18.6 Å². The first-order valence-electron chi connectivity index (χ1n) is 6.09. The number of carbonyl (C=O) groups is 1. The normalized spacial score (nSPS) is 10.1. The van der Waals surface area contributed by atoms with Gasteiger partial charge in [0.15, 0.2) is 0 Å². The fraction of sp³-hybridized carbons (Fsp3) is 0.286. The molecule has 0 atom stereocenters. The molecule has 0 radical (unpaired) electrons. The van der Waals surface area contributed by atoms with Gasteiger partial charge < -0.3 is 10.4 Å². The van der Waals surface area contributed by atoms with Crippen molar-refractivity contribution in [3.05, 3.63) is 52.8 Å². The van der Waals surface area contributed by atoms with E-state index in [1.54, 1.807) is 16.8 Å². The Kier molecular flexibility index (Phi) is 5.73. The number of benzene rings is 1. The number of rotatable bonds is 5. The van der Waals surface area contributed by atoms with Crippen molar-refractivity contribution < 1.29 is 9.90 Å². The molecule has 0 saturated carbocycles. The minimum Gasteiger partial charge on any atom is -0.478 e. The minimum atomic E-state index is -0.894. The van der Waals surface area contributed by atoms with Gasteiger partial charge in [0.2, 0.25) is 0 Å². The Hall–Kier alpha value is -1.85. The van der Waals surface area contributed by atoms with Crippen LogP contribution in [0.4, 0.5) is 0 Å². The third kappa shape index (κ3) is 3.82. The largest absolute Gasteiger partial charge is 0.478 e. The average Bonchev–Trinajstić information content (AvgIpc) is 2.68. The number of halogens is 1. The van der Waals surface area contributed by atoms with Gasteiger partial charge in [-0.2, -0.15) is 5.10 Å². The summed E-state index contributed by atoms with van der Waals surface area (Å²) in [5.41, 5.74) is 3.24. The van der Waals surface area contributed by atoms with E-state index in [9.17, 15) is 4.79 Å². The maximum Gasteiger partial charge on any atom is 0.336 e. The van der Waals surface area contributed by atoms with Crippen molar-refractivity contribution in [3.63, 3.8) is 0 Å². The second-order valence-electron chi connectivity index (χ2n) is 4.48. The van der Waals surface area contributed by atoms with Gasteiger partial charge in [-0.1, -0.05) is 18.2 Å². The molecular weight excluding hydrogens is 278 g/mol. The smallest absolute Gasteiger partial charge is 0.336 e. The van der Waals surface area contributed by atoms with Crippen molar-refractivity contribution in [1.29, 1.82) is 0 Å². The Morgan fingerprint density at radius 3 is 2.55 bits per heavy atom. The molecule has 0 saturated heterocycles. The number of carboxylic acids is 1. The Bertz CT molecular complexity index is 596. The first kappa shape index (κ1) is 16.2. The Labute approximate surface area is 124 Å². The van der Waals surface area contributed by atoms with Gasteiger partial charge in [-0.15, -0.1) is 12.4 Å². The number of nitrogens with zero attached hydrogens (tertiary/aromatic N) is 2. The number of hydrogen-bond donors (Lipinski definition) is 2. The zero-order valence-electron chi connectivity index (χ0n) is 11.5. The third-order valence-electron chi connectivity index (χ3n) is 2.99.